The number of nitrogens with one attached hydrogen (secondary N) is 1. The van der Waals surface area contributed by atoms with Crippen molar-refractivity contribution in [2.75, 3.05) is 0 Å². The van der Waals surface area contributed by atoms with Crippen LogP contribution in [0.15, 0.2) is 24.2 Å². The Labute approximate surface area is 104 Å². The summed E-state index contributed by atoms with van der Waals surface area (Å²) in [7, 11) is 0. The fourth-order valence-corrected chi connectivity index (χ4v) is 3.57. The first-order valence-corrected chi connectivity index (χ1v) is 6.95. The minimum Gasteiger partial charge on any atom is -0.348 e. The smallest absolute Gasteiger partial charge is 0.0921 e. The predicted octanol–water partition coefficient (Wildman–Crippen LogP) is 3.87. The number of rotatable bonds is 2. The van der Waals surface area contributed by atoms with E-state index in [1.54, 1.807) is 11.9 Å². The summed E-state index contributed by atoms with van der Waals surface area (Å²) in [4.78, 5) is 7.33. The summed E-state index contributed by atoms with van der Waals surface area (Å²) < 4.78 is 0. The number of nitrogens with zero attached hydrogens (tertiary/aromatic N) is 1. The second-order valence-corrected chi connectivity index (χ2v) is 6.04. The molecule has 0 amide bonds. The van der Waals surface area contributed by atoms with Gasteiger partial charge in [0.1, 0.15) is 0 Å². The van der Waals surface area contributed by atoms with Crippen LogP contribution in [0.25, 0.3) is 0 Å². The van der Waals surface area contributed by atoms with Crippen molar-refractivity contribution in [1.82, 2.24) is 9.97 Å². The highest BCUT2D eigenvalue weighted by atomic mass is 14.9. The molecule has 1 aromatic rings. The van der Waals surface area contributed by atoms with Gasteiger partial charge in [-0.25, -0.2) is 4.98 Å². The lowest BCUT2D eigenvalue weighted by Crippen LogP contribution is -2.28. The van der Waals surface area contributed by atoms with Gasteiger partial charge in [-0.05, 0) is 49.9 Å². The predicted molar refractivity (Wildman–Crippen MR) is 69.7 cm³/mol. The van der Waals surface area contributed by atoms with Gasteiger partial charge in [0, 0.05) is 11.9 Å². The topological polar surface area (TPSA) is 28.7 Å². The highest BCUT2D eigenvalue weighted by Crippen LogP contribution is 2.48. The van der Waals surface area contributed by atoms with E-state index in [-0.39, 0.29) is 0 Å². The monoisotopic (exact) mass is 230 g/mol. The summed E-state index contributed by atoms with van der Waals surface area (Å²) in [5.41, 5.74) is 3.58. The van der Waals surface area contributed by atoms with Crippen molar-refractivity contribution in [1.29, 1.82) is 0 Å². The molecule has 3 rings (SSSR count). The molecule has 92 valence electrons. The van der Waals surface area contributed by atoms with Gasteiger partial charge in [0.25, 0.3) is 0 Å². The quantitative estimate of drug-likeness (QED) is 0.768. The molecule has 1 N–H and O–H groups in total. The van der Waals surface area contributed by atoms with E-state index in [1.807, 2.05) is 6.20 Å². The molecule has 0 radical (unpaired) electrons. The standard InChI is InChI=1S/C15H22N2/c1-15-6-3-2-4-13(15)8-12(5-7-15)9-14-10-16-11-17-14/h8,10-12H,2-7,9H2,1H3,(H,16,17)/t12?,15-/m0/s1. The van der Waals surface area contributed by atoms with Gasteiger partial charge in [0.2, 0.25) is 0 Å². The number of H-pyrrole nitrogens is 1. The zero-order valence-corrected chi connectivity index (χ0v) is 10.7. The molecule has 0 aliphatic heterocycles. The Morgan fingerprint density at radius 2 is 2.35 bits per heavy atom. The number of hydrogen-bond acceptors (Lipinski definition) is 1. The van der Waals surface area contributed by atoms with Crippen molar-refractivity contribution in [2.45, 2.75) is 51.9 Å². The van der Waals surface area contributed by atoms with Crippen LogP contribution < -0.4 is 0 Å². The van der Waals surface area contributed by atoms with Crippen LogP contribution in [0.2, 0.25) is 0 Å². The van der Waals surface area contributed by atoms with E-state index in [2.05, 4.69) is 23.0 Å². The Hall–Kier alpha value is -1.05. The molecule has 0 bridgehead atoms. The number of aromatic nitrogens is 2. The van der Waals surface area contributed by atoms with Gasteiger partial charge >= 0.3 is 0 Å². The molecule has 1 fully saturated rings. The first-order valence-electron chi connectivity index (χ1n) is 6.95. The minimum atomic E-state index is 0.544. The summed E-state index contributed by atoms with van der Waals surface area (Å²) in [6.07, 6.45) is 15.8. The van der Waals surface area contributed by atoms with Crippen LogP contribution in [-0.4, -0.2) is 9.97 Å². The normalized spacial score (nSPS) is 33.0. The second kappa shape index (κ2) is 4.32. The van der Waals surface area contributed by atoms with Crippen LogP contribution in [0, 0.1) is 11.3 Å². The van der Waals surface area contributed by atoms with Crippen molar-refractivity contribution in [3.8, 4) is 0 Å². The molecule has 2 atom stereocenters. The summed E-state index contributed by atoms with van der Waals surface area (Å²) >= 11 is 0. The van der Waals surface area contributed by atoms with Crippen molar-refractivity contribution in [3.63, 3.8) is 0 Å². The maximum Gasteiger partial charge on any atom is 0.0921 e. The van der Waals surface area contributed by atoms with Gasteiger partial charge in [0.05, 0.1) is 6.33 Å². The lowest BCUT2D eigenvalue weighted by molar-refractivity contribution is 0.241. The molecule has 2 aliphatic carbocycles. The number of aromatic amines is 1. The molecule has 1 aromatic heterocycles. The maximum absolute atomic E-state index is 4.11. The molecule has 2 nitrogen and oxygen atoms in total. The molecule has 17 heavy (non-hydrogen) atoms. The highest BCUT2D eigenvalue weighted by molar-refractivity contribution is 5.21. The van der Waals surface area contributed by atoms with Gasteiger partial charge in [0.15, 0.2) is 0 Å². The third kappa shape index (κ3) is 2.18. The molecule has 2 heteroatoms. The van der Waals surface area contributed by atoms with E-state index in [9.17, 15) is 0 Å². The molecule has 0 saturated heterocycles. The summed E-state index contributed by atoms with van der Waals surface area (Å²) in [6.45, 7) is 2.48. The van der Waals surface area contributed by atoms with Crippen LogP contribution in [-0.2, 0) is 6.42 Å². The fourth-order valence-electron chi connectivity index (χ4n) is 3.57. The first-order chi connectivity index (χ1) is 8.26. The Kier molecular flexibility index (Phi) is 2.81. The van der Waals surface area contributed by atoms with E-state index >= 15 is 0 Å². The fraction of sp³-hybridized carbons (Fsp3) is 0.667. The van der Waals surface area contributed by atoms with Gasteiger partial charge in [-0.3, -0.25) is 0 Å². The molecular formula is C15H22N2. The van der Waals surface area contributed by atoms with Crippen LogP contribution in [0.5, 0.6) is 0 Å². The Bertz CT molecular complexity index is 405. The maximum atomic E-state index is 4.11. The largest absolute Gasteiger partial charge is 0.348 e. The van der Waals surface area contributed by atoms with Crippen LogP contribution in [0.1, 0.15) is 51.1 Å². The summed E-state index contributed by atoms with van der Waals surface area (Å²) in [6, 6.07) is 0. The summed E-state index contributed by atoms with van der Waals surface area (Å²) in [5, 5.41) is 0. The van der Waals surface area contributed by atoms with Crippen LogP contribution >= 0.6 is 0 Å². The van der Waals surface area contributed by atoms with Crippen LogP contribution in [0.4, 0.5) is 0 Å². The molecule has 0 aromatic carbocycles. The van der Waals surface area contributed by atoms with Crippen molar-refractivity contribution >= 4 is 0 Å². The van der Waals surface area contributed by atoms with Gasteiger partial charge in [-0.1, -0.05) is 25.0 Å². The van der Waals surface area contributed by atoms with Crippen molar-refractivity contribution in [2.24, 2.45) is 11.3 Å². The minimum absolute atomic E-state index is 0.544. The summed E-state index contributed by atoms with van der Waals surface area (Å²) in [5.74, 6) is 0.733. The average Bonchev–Trinajstić information content (AvgIpc) is 2.82. The third-order valence-corrected chi connectivity index (χ3v) is 4.74. The van der Waals surface area contributed by atoms with E-state index in [4.69, 9.17) is 0 Å². The number of fused-ring (bicyclic) bond motifs is 1. The van der Waals surface area contributed by atoms with Crippen LogP contribution in [0.3, 0.4) is 0 Å². The first kappa shape index (κ1) is 11.1. The number of imidazole rings is 1. The Balaban J connectivity index is 1.75. The molecule has 1 heterocycles. The van der Waals surface area contributed by atoms with E-state index < -0.39 is 0 Å². The number of hydrogen-bond donors (Lipinski definition) is 1. The van der Waals surface area contributed by atoms with Crippen molar-refractivity contribution in [3.05, 3.63) is 29.9 Å². The molecule has 1 saturated carbocycles. The molecule has 1 unspecified atom stereocenters. The Morgan fingerprint density at radius 3 is 3.18 bits per heavy atom. The average molecular weight is 230 g/mol. The Morgan fingerprint density at radius 1 is 1.41 bits per heavy atom. The highest BCUT2D eigenvalue weighted by Gasteiger charge is 2.35. The van der Waals surface area contributed by atoms with E-state index in [0.29, 0.717) is 5.41 Å². The lowest BCUT2D eigenvalue weighted by atomic mass is 9.64. The SMILES string of the molecule is C[C@@]12CCCCC1=CC(Cc1cnc[nH]1)CC2. The lowest BCUT2D eigenvalue weighted by Gasteiger charge is -2.41. The molecular weight excluding hydrogens is 208 g/mol. The van der Waals surface area contributed by atoms with Gasteiger partial charge < -0.3 is 4.98 Å². The zero-order chi connectivity index (χ0) is 11.7. The van der Waals surface area contributed by atoms with Crippen molar-refractivity contribution < 1.29 is 0 Å². The van der Waals surface area contributed by atoms with E-state index in [0.717, 1.165) is 12.3 Å². The third-order valence-electron chi connectivity index (χ3n) is 4.74. The number of allylic oxidation sites excluding steroid dienone is 2. The molecule has 0 spiro atoms. The van der Waals surface area contributed by atoms with Gasteiger partial charge in [-0.15, -0.1) is 0 Å². The van der Waals surface area contributed by atoms with E-state index in [1.165, 1.54) is 44.2 Å². The molecule has 2 aliphatic rings. The second-order valence-electron chi connectivity index (χ2n) is 6.04. The van der Waals surface area contributed by atoms with Gasteiger partial charge in [-0.2, -0.15) is 0 Å². The zero-order valence-electron chi connectivity index (χ0n) is 10.7.